The fourth-order valence-corrected chi connectivity index (χ4v) is 12.0. The molecule has 0 spiro atoms. The zero-order valence-corrected chi connectivity index (χ0v) is 36.0. The summed E-state index contributed by atoms with van der Waals surface area (Å²) in [6.07, 6.45) is 0. The summed E-state index contributed by atoms with van der Waals surface area (Å²) in [7, 11) is 0. The Morgan fingerprint density at radius 3 is 1.27 bits per heavy atom. The highest BCUT2D eigenvalue weighted by atomic mass is 16.5. The van der Waals surface area contributed by atoms with Gasteiger partial charge >= 0.3 is 0 Å². The van der Waals surface area contributed by atoms with Crippen LogP contribution in [-0.4, -0.2) is 22.6 Å². The minimum Gasteiger partial charge on any atom is -0.458 e. The standard InChI is InChI=1S/C56H40B2N2O3/c1-55(2,3)29-21-43-51-49(23-29)62-47-27-45-35(25-39(47)57(51)37-17-11-15-33-31-13-7-9-19-41(31)59(43)53(33)37)36-26-40-48(28-46(36)61-45)63-50-24-30(56(4,5)6)22-44-52(50)58(40)38-18-12-16-34-32-14-8-10-20-42(32)60(44)54(34)38/h7-28H,1-6H3. The fraction of sp³-hybridized carbons (Fsp3) is 0.143. The van der Waals surface area contributed by atoms with Crippen LogP contribution in [0.5, 0.6) is 23.0 Å². The molecule has 4 aliphatic rings. The Kier molecular flexibility index (Phi) is 6.07. The average Bonchev–Trinajstić information content (AvgIpc) is 3.92. The maximum atomic E-state index is 7.09. The average molecular weight is 811 g/mol. The number of furan rings is 1. The van der Waals surface area contributed by atoms with Gasteiger partial charge in [-0.05, 0) is 91.1 Å². The summed E-state index contributed by atoms with van der Waals surface area (Å²) in [5.74, 6) is 3.53. The van der Waals surface area contributed by atoms with Crippen LogP contribution >= 0.6 is 0 Å². The van der Waals surface area contributed by atoms with Gasteiger partial charge in [0.05, 0.1) is 11.0 Å². The van der Waals surface area contributed by atoms with E-state index in [1.54, 1.807) is 0 Å². The third kappa shape index (κ3) is 4.21. The molecule has 11 aromatic rings. The fourth-order valence-electron chi connectivity index (χ4n) is 12.0. The van der Waals surface area contributed by atoms with Crippen molar-refractivity contribution in [2.45, 2.75) is 52.4 Å². The van der Waals surface area contributed by atoms with E-state index < -0.39 is 0 Å². The predicted molar refractivity (Wildman–Crippen MR) is 262 cm³/mol. The first kappa shape index (κ1) is 34.5. The second-order valence-corrected chi connectivity index (χ2v) is 20.5. The number of ether oxygens (including phenoxy) is 2. The van der Waals surface area contributed by atoms with Crippen molar-refractivity contribution in [3.63, 3.8) is 0 Å². The lowest BCUT2D eigenvalue weighted by atomic mass is 9.34. The molecular weight excluding hydrogens is 770 g/mol. The van der Waals surface area contributed by atoms with Gasteiger partial charge in [0.15, 0.2) is 0 Å². The first-order valence-corrected chi connectivity index (χ1v) is 22.3. The van der Waals surface area contributed by atoms with Crippen LogP contribution in [-0.2, 0) is 10.8 Å². The molecule has 0 amide bonds. The van der Waals surface area contributed by atoms with E-state index in [0.29, 0.717) is 0 Å². The molecule has 3 aromatic heterocycles. The monoisotopic (exact) mass is 810 g/mol. The molecule has 0 saturated heterocycles. The van der Waals surface area contributed by atoms with Crippen LogP contribution in [0.1, 0.15) is 52.7 Å². The van der Waals surface area contributed by atoms with Gasteiger partial charge in [0.2, 0.25) is 0 Å². The maximum Gasteiger partial charge on any atom is 0.256 e. The van der Waals surface area contributed by atoms with Gasteiger partial charge in [0.25, 0.3) is 13.4 Å². The molecule has 0 unspecified atom stereocenters. The SMILES string of the molecule is CC(C)(C)c1cc2c3c(c1)-n1c4ccccc4c4cccc(c41)B3c1cc3c(cc1O2)oc1cc2c(cc13)B1c3c(cc(C(C)(C)C)cc3-n3c4ccccc4c4cccc1c43)O2. The van der Waals surface area contributed by atoms with Crippen molar-refractivity contribution in [3.8, 4) is 34.4 Å². The Labute approximate surface area is 364 Å². The molecule has 7 heteroatoms. The minimum atomic E-state index is -0.0806. The topological polar surface area (TPSA) is 41.5 Å². The number of aromatic nitrogens is 2. The van der Waals surface area contributed by atoms with Crippen LogP contribution in [0.3, 0.4) is 0 Å². The summed E-state index contributed by atoms with van der Waals surface area (Å²) in [4.78, 5) is 0. The van der Waals surface area contributed by atoms with Crippen LogP contribution in [0.2, 0.25) is 0 Å². The molecule has 15 rings (SSSR count). The molecule has 4 aliphatic heterocycles. The minimum absolute atomic E-state index is 0.0205. The van der Waals surface area contributed by atoms with Crippen molar-refractivity contribution in [2.75, 3.05) is 0 Å². The molecule has 0 atom stereocenters. The van der Waals surface area contributed by atoms with Crippen LogP contribution < -0.4 is 42.3 Å². The summed E-state index contributed by atoms with van der Waals surface area (Å²) in [5.41, 5.74) is 18.7. The van der Waals surface area contributed by atoms with E-state index in [2.05, 4.69) is 184 Å². The van der Waals surface area contributed by atoms with Crippen molar-refractivity contribution in [1.29, 1.82) is 0 Å². The van der Waals surface area contributed by atoms with Crippen molar-refractivity contribution in [2.24, 2.45) is 0 Å². The molecule has 0 aliphatic carbocycles. The zero-order chi connectivity index (χ0) is 42.0. The maximum absolute atomic E-state index is 7.09. The van der Waals surface area contributed by atoms with Crippen molar-refractivity contribution < 1.29 is 13.9 Å². The lowest BCUT2D eigenvalue weighted by Gasteiger charge is -2.35. The van der Waals surface area contributed by atoms with Gasteiger partial charge in [0.1, 0.15) is 34.2 Å². The summed E-state index contributed by atoms with van der Waals surface area (Å²) < 4.78 is 26.0. The number of hydrogen-bond acceptors (Lipinski definition) is 3. The first-order valence-electron chi connectivity index (χ1n) is 22.3. The molecule has 7 heterocycles. The molecular formula is C56H40B2N2O3. The Hall–Kier alpha value is -7.11. The summed E-state index contributed by atoms with van der Waals surface area (Å²) in [6.45, 7) is 13.7. The van der Waals surface area contributed by atoms with E-state index in [-0.39, 0.29) is 24.3 Å². The summed E-state index contributed by atoms with van der Waals surface area (Å²) in [6, 6.07) is 49.8. The lowest BCUT2D eigenvalue weighted by Crippen LogP contribution is -2.58. The highest BCUT2D eigenvalue weighted by molar-refractivity contribution is 7.00. The summed E-state index contributed by atoms with van der Waals surface area (Å²) in [5, 5.41) is 7.27. The van der Waals surface area contributed by atoms with E-state index in [4.69, 9.17) is 13.9 Å². The zero-order valence-electron chi connectivity index (χ0n) is 36.0. The second-order valence-electron chi connectivity index (χ2n) is 20.5. The molecule has 63 heavy (non-hydrogen) atoms. The molecule has 0 N–H and O–H groups in total. The molecule has 0 bridgehead atoms. The molecule has 0 fully saturated rings. The van der Waals surface area contributed by atoms with Crippen molar-refractivity contribution in [1.82, 2.24) is 9.13 Å². The van der Waals surface area contributed by atoms with Gasteiger partial charge in [-0.2, -0.15) is 0 Å². The highest BCUT2D eigenvalue weighted by Gasteiger charge is 2.44. The quantitative estimate of drug-likeness (QED) is 0.143. The van der Waals surface area contributed by atoms with Crippen LogP contribution in [0.15, 0.2) is 138 Å². The number of benzene rings is 8. The summed E-state index contributed by atoms with van der Waals surface area (Å²) >= 11 is 0. The molecule has 8 aromatic carbocycles. The molecule has 298 valence electrons. The van der Waals surface area contributed by atoms with E-state index >= 15 is 0 Å². The predicted octanol–water partition coefficient (Wildman–Crippen LogP) is 10.2. The van der Waals surface area contributed by atoms with Gasteiger partial charge in [-0.1, -0.05) is 126 Å². The Morgan fingerprint density at radius 2 is 0.825 bits per heavy atom. The number of para-hydroxylation sites is 4. The normalized spacial score (nSPS) is 14.4. The Morgan fingerprint density at radius 1 is 0.397 bits per heavy atom. The van der Waals surface area contributed by atoms with Gasteiger partial charge in [-0.25, -0.2) is 0 Å². The third-order valence-electron chi connectivity index (χ3n) is 14.9. The van der Waals surface area contributed by atoms with Gasteiger partial charge in [0, 0.05) is 66.9 Å². The molecule has 5 nitrogen and oxygen atoms in total. The Bertz CT molecular complexity index is 3710. The largest absolute Gasteiger partial charge is 0.458 e. The third-order valence-corrected chi connectivity index (χ3v) is 14.9. The van der Waals surface area contributed by atoms with E-state index in [1.807, 2.05) is 0 Å². The lowest BCUT2D eigenvalue weighted by molar-refractivity contribution is 0.481. The first-order chi connectivity index (χ1) is 30.5. The van der Waals surface area contributed by atoms with Gasteiger partial charge in [-0.3, -0.25) is 0 Å². The van der Waals surface area contributed by atoms with Gasteiger partial charge in [-0.15, -0.1) is 0 Å². The molecule has 0 saturated carbocycles. The second kappa shape index (κ2) is 11.1. The number of hydrogen-bond donors (Lipinski definition) is 0. The van der Waals surface area contributed by atoms with Crippen molar-refractivity contribution >= 4 is 112 Å². The van der Waals surface area contributed by atoms with Gasteiger partial charge < -0.3 is 23.0 Å². The van der Waals surface area contributed by atoms with Crippen LogP contribution in [0.4, 0.5) is 0 Å². The van der Waals surface area contributed by atoms with E-state index in [1.165, 1.54) is 88.0 Å². The van der Waals surface area contributed by atoms with Crippen LogP contribution in [0.25, 0.3) is 76.9 Å². The number of fused-ring (bicyclic) bond motifs is 17. The molecule has 0 radical (unpaired) electrons. The highest BCUT2D eigenvalue weighted by Crippen LogP contribution is 2.44. The number of rotatable bonds is 0. The van der Waals surface area contributed by atoms with Crippen molar-refractivity contribution in [3.05, 3.63) is 145 Å². The number of nitrogens with zero attached hydrogens (tertiary/aromatic N) is 2. The smallest absolute Gasteiger partial charge is 0.256 e. The van der Waals surface area contributed by atoms with E-state index in [9.17, 15) is 0 Å². The van der Waals surface area contributed by atoms with Crippen LogP contribution in [0, 0.1) is 0 Å². The Balaban J connectivity index is 0.997. The van der Waals surface area contributed by atoms with E-state index in [0.717, 1.165) is 55.9 Å².